The number of aromatic amines is 2. The van der Waals surface area contributed by atoms with E-state index in [1.807, 2.05) is 24.3 Å². The summed E-state index contributed by atoms with van der Waals surface area (Å²) < 4.78 is 39.0. The Balaban J connectivity index is 1.42. The molecule has 0 spiro atoms. The molecule has 0 aliphatic carbocycles. The zero-order chi connectivity index (χ0) is 23.2. The minimum atomic E-state index is -4.45. The predicted octanol–water partition coefficient (Wildman–Crippen LogP) is 5.01. The van der Waals surface area contributed by atoms with E-state index in [9.17, 15) is 18.0 Å². The van der Waals surface area contributed by atoms with E-state index in [0.717, 1.165) is 34.3 Å². The Bertz CT molecular complexity index is 1470. The molecule has 2 aromatic carbocycles. The van der Waals surface area contributed by atoms with E-state index in [2.05, 4.69) is 30.5 Å². The van der Waals surface area contributed by atoms with E-state index in [4.69, 9.17) is 0 Å². The van der Waals surface area contributed by atoms with Crippen molar-refractivity contribution in [3.8, 4) is 11.3 Å². The molecule has 1 atom stereocenters. The molecule has 7 nitrogen and oxygen atoms in total. The van der Waals surface area contributed by atoms with Gasteiger partial charge in [-0.25, -0.2) is 4.98 Å². The number of benzene rings is 2. The summed E-state index contributed by atoms with van der Waals surface area (Å²) in [6.07, 6.45) is -1.10. The number of carbonyl (C=O) groups excluding carboxylic acids is 1. The van der Waals surface area contributed by atoms with Crippen molar-refractivity contribution in [2.75, 3.05) is 0 Å². The van der Waals surface area contributed by atoms with Crippen molar-refractivity contribution >= 4 is 27.8 Å². The number of H-pyrrole nitrogens is 2. The highest BCUT2D eigenvalue weighted by atomic mass is 19.4. The first kappa shape index (κ1) is 20.7. The second kappa shape index (κ2) is 7.73. The van der Waals surface area contributed by atoms with Gasteiger partial charge in [0.25, 0.3) is 5.91 Å². The van der Waals surface area contributed by atoms with Gasteiger partial charge in [0.05, 0.1) is 28.2 Å². The summed E-state index contributed by atoms with van der Waals surface area (Å²) in [5.41, 5.74) is 3.16. The van der Waals surface area contributed by atoms with Crippen LogP contribution in [0.25, 0.3) is 33.2 Å². The second-order valence-corrected chi connectivity index (χ2v) is 7.63. The van der Waals surface area contributed by atoms with Crippen LogP contribution < -0.4 is 5.32 Å². The Morgan fingerprint density at radius 1 is 1.06 bits per heavy atom. The number of aromatic nitrogens is 5. The normalized spacial score (nSPS) is 12.8. The molecule has 0 bridgehead atoms. The topological polar surface area (TPSA) is 99.3 Å². The summed E-state index contributed by atoms with van der Waals surface area (Å²) in [6, 6.07) is 11.6. The summed E-state index contributed by atoms with van der Waals surface area (Å²) in [5, 5.41) is 10.9. The number of hydrogen-bond donors (Lipinski definition) is 3. The third kappa shape index (κ3) is 3.91. The zero-order valence-electron chi connectivity index (χ0n) is 17.2. The van der Waals surface area contributed by atoms with Crippen LogP contribution in [-0.4, -0.2) is 31.1 Å². The van der Waals surface area contributed by atoms with Crippen LogP contribution in [0.1, 0.15) is 34.7 Å². The van der Waals surface area contributed by atoms with E-state index in [0.29, 0.717) is 16.6 Å². The van der Waals surface area contributed by atoms with Gasteiger partial charge in [0.2, 0.25) is 0 Å². The number of fused-ring (bicyclic) bond motifs is 2. The fourth-order valence-electron chi connectivity index (χ4n) is 3.69. The lowest BCUT2D eigenvalue weighted by Crippen LogP contribution is -2.27. The fourth-order valence-corrected chi connectivity index (χ4v) is 3.69. The van der Waals surface area contributed by atoms with Crippen LogP contribution in [0.3, 0.4) is 0 Å². The van der Waals surface area contributed by atoms with Gasteiger partial charge in [-0.05, 0) is 48.9 Å². The van der Waals surface area contributed by atoms with Crippen LogP contribution in [-0.2, 0) is 6.18 Å². The average molecular weight is 450 g/mol. The van der Waals surface area contributed by atoms with E-state index in [1.54, 1.807) is 19.3 Å². The van der Waals surface area contributed by atoms with E-state index in [1.165, 1.54) is 12.1 Å². The van der Waals surface area contributed by atoms with Crippen LogP contribution in [0.4, 0.5) is 13.2 Å². The lowest BCUT2D eigenvalue weighted by atomic mass is 10.0. The standard InChI is InChI=1S/C23H17F3N6O/c1-12(14-3-2-4-15(9-14)23(24,25)26)28-22(33)21-29-18-10-16-17(11-19(18)30-21)31-32-20(16)13-5-7-27-8-6-13/h2-12H,1H3,(H,28,33)(H,29,30)(H,31,32). The maximum absolute atomic E-state index is 13.0. The highest BCUT2D eigenvalue weighted by Crippen LogP contribution is 2.31. The molecule has 166 valence electrons. The third-order valence-electron chi connectivity index (χ3n) is 5.39. The highest BCUT2D eigenvalue weighted by molar-refractivity contribution is 6.02. The maximum atomic E-state index is 13.0. The fraction of sp³-hybridized carbons (Fsp3) is 0.130. The van der Waals surface area contributed by atoms with Crippen molar-refractivity contribution in [1.29, 1.82) is 0 Å². The lowest BCUT2D eigenvalue weighted by molar-refractivity contribution is -0.137. The van der Waals surface area contributed by atoms with Gasteiger partial charge >= 0.3 is 6.18 Å². The van der Waals surface area contributed by atoms with Gasteiger partial charge in [-0.1, -0.05) is 12.1 Å². The van der Waals surface area contributed by atoms with Gasteiger partial charge in [-0.2, -0.15) is 18.3 Å². The largest absolute Gasteiger partial charge is 0.416 e. The van der Waals surface area contributed by atoms with Gasteiger partial charge in [0, 0.05) is 23.3 Å². The van der Waals surface area contributed by atoms with Crippen molar-refractivity contribution in [2.24, 2.45) is 0 Å². The summed E-state index contributed by atoms with van der Waals surface area (Å²) in [6.45, 7) is 1.62. The Morgan fingerprint density at radius 2 is 1.85 bits per heavy atom. The van der Waals surface area contributed by atoms with Gasteiger partial charge in [0.1, 0.15) is 5.69 Å². The molecule has 5 aromatic rings. The van der Waals surface area contributed by atoms with Gasteiger partial charge < -0.3 is 10.3 Å². The van der Waals surface area contributed by atoms with Crippen LogP contribution in [0.2, 0.25) is 0 Å². The minimum Gasteiger partial charge on any atom is -0.343 e. The average Bonchev–Trinajstić information content (AvgIpc) is 3.41. The molecule has 1 amide bonds. The summed E-state index contributed by atoms with van der Waals surface area (Å²) in [4.78, 5) is 24.1. The van der Waals surface area contributed by atoms with Gasteiger partial charge in [-0.3, -0.25) is 14.9 Å². The number of alkyl halides is 3. The SMILES string of the molecule is CC(NC(=O)c1nc2cc3c(-c4ccncc4)n[nH]c3cc2[nH]1)c1cccc(C(F)(F)F)c1. The Labute approximate surface area is 185 Å². The number of pyridine rings is 1. The number of rotatable bonds is 4. The van der Waals surface area contributed by atoms with Crippen molar-refractivity contribution in [3.63, 3.8) is 0 Å². The van der Waals surface area contributed by atoms with Crippen LogP contribution in [0.5, 0.6) is 0 Å². The molecule has 0 aliphatic heterocycles. The molecular weight excluding hydrogens is 433 g/mol. The number of nitrogens with one attached hydrogen (secondary N) is 3. The van der Waals surface area contributed by atoms with Crippen LogP contribution >= 0.6 is 0 Å². The zero-order valence-corrected chi connectivity index (χ0v) is 17.2. The van der Waals surface area contributed by atoms with Crippen molar-refractivity contribution in [3.05, 3.63) is 77.9 Å². The molecule has 5 rings (SSSR count). The molecule has 3 N–H and O–H groups in total. The first-order chi connectivity index (χ1) is 15.8. The minimum absolute atomic E-state index is 0.0647. The molecule has 0 aliphatic rings. The van der Waals surface area contributed by atoms with E-state index >= 15 is 0 Å². The second-order valence-electron chi connectivity index (χ2n) is 7.63. The highest BCUT2D eigenvalue weighted by Gasteiger charge is 2.31. The molecule has 0 radical (unpaired) electrons. The van der Waals surface area contributed by atoms with Crippen molar-refractivity contribution in [2.45, 2.75) is 19.1 Å². The molecule has 3 aromatic heterocycles. The van der Waals surface area contributed by atoms with Crippen molar-refractivity contribution < 1.29 is 18.0 Å². The molecule has 1 unspecified atom stereocenters. The lowest BCUT2D eigenvalue weighted by Gasteiger charge is -2.15. The van der Waals surface area contributed by atoms with Crippen LogP contribution in [0.15, 0.2) is 60.9 Å². The number of amides is 1. The van der Waals surface area contributed by atoms with Gasteiger partial charge in [0.15, 0.2) is 5.82 Å². The molecule has 0 saturated carbocycles. The van der Waals surface area contributed by atoms with E-state index in [-0.39, 0.29) is 5.82 Å². The first-order valence-corrected chi connectivity index (χ1v) is 10.1. The van der Waals surface area contributed by atoms with E-state index < -0.39 is 23.7 Å². The Kier molecular flexibility index (Phi) is 4.85. The summed E-state index contributed by atoms with van der Waals surface area (Å²) >= 11 is 0. The number of carbonyl (C=O) groups is 1. The molecule has 0 fully saturated rings. The molecular formula is C23H17F3N6O. The number of halogens is 3. The summed E-state index contributed by atoms with van der Waals surface area (Å²) in [7, 11) is 0. The Hall–Kier alpha value is -4.21. The van der Waals surface area contributed by atoms with Crippen molar-refractivity contribution in [1.82, 2.24) is 30.5 Å². The molecule has 10 heteroatoms. The number of hydrogen-bond acceptors (Lipinski definition) is 4. The number of imidazole rings is 1. The first-order valence-electron chi connectivity index (χ1n) is 10.1. The third-order valence-corrected chi connectivity index (χ3v) is 5.39. The molecule has 3 heterocycles. The quantitative estimate of drug-likeness (QED) is 0.358. The monoisotopic (exact) mass is 450 g/mol. The molecule has 33 heavy (non-hydrogen) atoms. The number of nitrogens with zero attached hydrogens (tertiary/aromatic N) is 3. The smallest absolute Gasteiger partial charge is 0.343 e. The van der Waals surface area contributed by atoms with Gasteiger partial charge in [-0.15, -0.1) is 0 Å². The maximum Gasteiger partial charge on any atom is 0.416 e. The predicted molar refractivity (Wildman–Crippen MR) is 116 cm³/mol. The van der Waals surface area contributed by atoms with Crippen LogP contribution in [0, 0.1) is 0 Å². The molecule has 0 saturated heterocycles. The Morgan fingerprint density at radius 3 is 2.61 bits per heavy atom. The summed E-state index contributed by atoms with van der Waals surface area (Å²) in [5.74, 6) is -0.456.